The summed E-state index contributed by atoms with van der Waals surface area (Å²) in [6, 6.07) is 5.69. The largest absolute Gasteiger partial charge is 0.417 e. The van der Waals surface area contributed by atoms with Gasteiger partial charge < -0.3 is 4.74 Å². The van der Waals surface area contributed by atoms with Gasteiger partial charge in [-0.15, -0.1) is 0 Å². The Morgan fingerprint density at radius 2 is 1.71 bits per heavy atom. The number of rotatable bonds is 7. The highest BCUT2D eigenvalue weighted by Crippen LogP contribution is 2.56. The third kappa shape index (κ3) is 4.96. The molecular formula is C26H23F7N2O5S2. The van der Waals surface area contributed by atoms with Crippen molar-refractivity contribution < 1.29 is 56.4 Å². The number of nitrogens with zero attached hydrogens (tertiary/aromatic N) is 1. The number of benzene rings is 2. The number of ether oxygens (including phenoxy) is 1. The fourth-order valence-electron chi connectivity index (χ4n) is 4.99. The topological polar surface area (TPSA) is 94.5 Å². The second-order valence-corrected chi connectivity index (χ2v) is 13.7. The SMILES string of the molecule is [2H]C([2H])([2H])O[C@]1(C(F)(F)F)CCc2c(S(=O)(=O)Nc3cc(F)c(C4CC4(F)F)cc3F)cn(S(=O)(=O)c3ccc(C)cc3)c2C1. The van der Waals surface area contributed by atoms with E-state index < -0.39 is 120 Å². The fourth-order valence-corrected chi connectivity index (χ4v) is 7.82. The molecule has 228 valence electrons. The first-order chi connectivity index (χ1) is 20.5. The quantitative estimate of drug-likeness (QED) is 0.335. The van der Waals surface area contributed by atoms with E-state index in [1.807, 2.05) is 0 Å². The second-order valence-electron chi connectivity index (χ2n) is 10.3. The van der Waals surface area contributed by atoms with Crippen molar-refractivity contribution in [1.29, 1.82) is 0 Å². The molecule has 0 spiro atoms. The highest BCUT2D eigenvalue weighted by Gasteiger charge is 2.59. The molecule has 1 heterocycles. The Kier molecular flexibility index (Phi) is 6.13. The van der Waals surface area contributed by atoms with Gasteiger partial charge in [-0.2, -0.15) is 13.2 Å². The summed E-state index contributed by atoms with van der Waals surface area (Å²) in [6.07, 6.45) is -9.04. The molecule has 1 N–H and O–H groups in total. The summed E-state index contributed by atoms with van der Waals surface area (Å²) < 4.78 is 182. The maximum atomic E-state index is 14.9. The van der Waals surface area contributed by atoms with Crippen molar-refractivity contribution in [3.63, 3.8) is 0 Å². The van der Waals surface area contributed by atoms with E-state index in [0.717, 1.165) is 12.1 Å². The summed E-state index contributed by atoms with van der Waals surface area (Å²) in [5.41, 5.74) is -5.79. The number of hydrogen-bond acceptors (Lipinski definition) is 5. The molecule has 42 heavy (non-hydrogen) atoms. The lowest BCUT2D eigenvalue weighted by Gasteiger charge is -2.38. The number of aromatic nitrogens is 1. The lowest BCUT2D eigenvalue weighted by Crippen LogP contribution is -2.51. The highest BCUT2D eigenvalue weighted by molar-refractivity contribution is 7.93. The number of aryl methyl sites for hydroxylation is 1. The maximum absolute atomic E-state index is 14.9. The van der Waals surface area contributed by atoms with Crippen LogP contribution >= 0.6 is 0 Å². The molecule has 1 fully saturated rings. The third-order valence-electron chi connectivity index (χ3n) is 7.49. The van der Waals surface area contributed by atoms with Crippen molar-refractivity contribution in [2.45, 2.75) is 66.0 Å². The van der Waals surface area contributed by atoms with Gasteiger partial charge in [0.25, 0.3) is 26.0 Å². The van der Waals surface area contributed by atoms with E-state index in [2.05, 4.69) is 4.74 Å². The average molecular weight is 644 g/mol. The van der Waals surface area contributed by atoms with Gasteiger partial charge in [-0.3, -0.25) is 4.72 Å². The molecule has 7 nitrogen and oxygen atoms in total. The van der Waals surface area contributed by atoms with Gasteiger partial charge in [-0.25, -0.2) is 38.4 Å². The minimum absolute atomic E-state index is 0.263. The van der Waals surface area contributed by atoms with Crippen LogP contribution in [-0.2, 0) is 37.6 Å². The van der Waals surface area contributed by atoms with E-state index in [1.54, 1.807) is 11.6 Å². The smallest absolute Gasteiger partial charge is 0.368 e. The van der Waals surface area contributed by atoms with Crippen LogP contribution in [0.15, 0.2) is 52.4 Å². The van der Waals surface area contributed by atoms with Crippen LogP contribution in [0.5, 0.6) is 0 Å². The van der Waals surface area contributed by atoms with Crippen LogP contribution in [0, 0.1) is 18.6 Å². The van der Waals surface area contributed by atoms with Crippen LogP contribution in [0.4, 0.5) is 36.4 Å². The number of methoxy groups -OCH3 is 1. The number of nitrogens with one attached hydrogen (secondary N) is 1. The van der Waals surface area contributed by atoms with Crippen molar-refractivity contribution in [2.24, 2.45) is 0 Å². The van der Waals surface area contributed by atoms with Crippen LogP contribution in [0.25, 0.3) is 0 Å². The van der Waals surface area contributed by atoms with Gasteiger partial charge in [0.1, 0.15) is 16.5 Å². The second kappa shape index (κ2) is 9.71. The molecule has 5 rings (SSSR count). The van der Waals surface area contributed by atoms with E-state index >= 15 is 0 Å². The summed E-state index contributed by atoms with van der Waals surface area (Å²) >= 11 is 0. The highest BCUT2D eigenvalue weighted by atomic mass is 32.2. The normalized spacial score (nSPS) is 23.4. The lowest BCUT2D eigenvalue weighted by atomic mass is 9.83. The van der Waals surface area contributed by atoms with Gasteiger partial charge in [0, 0.05) is 43.4 Å². The summed E-state index contributed by atoms with van der Waals surface area (Å²) in [6.45, 7) is 1.62. The molecule has 1 saturated carbocycles. The molecule has 2 aliphatic carbocycles. The Bertz CT molecular complexity index is 1890. The fraction of sp³-hybridized carbons (Fsp3) is 0.385. The summed E-state index contributed by atoms with van der Waals surface area (Å²) in [5.74, 6) is -7.68. The molecule has 1 unspecified atom stereocenters. The molecule has 0 saturated heterocycles. The molecule has 2 aromatic carbocycles. The zero-order chi connectivity index (χ0) is 33.5. The standard InChI is InChI=1S/C26H23F7N2O5S2/c1-14-3-5-15(6-4-14)42(38,39)35-13-23(16-7-8-24(40-2,12-22(16)35)26(31,32)33)41(36,37)34-21-10-19(27)17(9-20(21)28)18-11-25(18,29)30/h3-6,9-10,13,18,34H,7-8,11-12H2,1-2H3/t18?,24-/m1/s1/i2D3. The maximum Gasteiger partial charge on any atom is 0.417 e. The van der Waals surface area contributed by atoms with Crippen molar-refractivity contribution in [3.05, 3.63) is 76.6 Å². The molecule has 1 aromatic heterocycles. The van der Waals surface area contributed by atoms with E-state index in [1.165, 1.54) is 12.1 Å². The first kappa shape index (κ1) is 26.5. The van der Waals surface area contributed by atoms with Gasteiger partial charge in [0.2, 0.25) is 0 Å². The van der Waals surface area contributed by atoms with Crippen molar-refractivity contribution in [1.82, 2.24) is 3.97 Å². The lowest BCUT2D eigenvalue weighted by molar-refractivity contribution is -0.273. The first-order valence-corrected chi connectivity index (χ1v) is 15.1. The molecule has 2 atom stereocenters. The molecular weight excluding hydrogens is 617 g/mol. The van der Waals surface area contributed by atoms with Crippen molar-refractivity contribution in [3.8, 4) is 0 Å². The van der Waals surface area contributed by atoms with E-state index in [-0.39, 0.29) is 3.97 Å². The molecule has 0 aliphatic heterocycles. The first-order valence-electron chi connectivity index (χ1n) is 13.7. The van der Waals surface area contributed by atoms with Crippen LogP contribution in [-0.4, -0.2) is 45.5 Å². The number of sulfonamides is 1. The summed E-state index contributed by atoms with van der Waals surface area (Å²) in [7, 11) is -13.5. The molecule has 0 amide bonds. The van der Waals surface area contributed by atoms with E-state index in [4.69, 9.17) is 4.11 Å². The number of anilines is 1. The van der Waals surface area contributed by atoms with Crippen LogP contribution in [0.2, 0.25) is 0 Å². The molecule has 3 aromatic rings. The number of alkyl halides is 5. The van der Waals surface area contributed by atoms with E-state index in [9.17, 15) is 47.6 Å². The molecule has 2 aliphatic rings. The van der Waals surface area contributed by atoms with Gasteiger partial charge in [-0.05, 0) is 43.5 Å². The van der Waals surface area contributed by atoms with Gasteiger partial charge in [0.05, 0.1) is 20.6 Å². The average Bonchev–Trinajstić information content (AvgIpc) is 3.33. The van der Waals surface area contributed by atoms with Gasteiger partial charge in [-0.1, -0.05) is 17.7 Å². The summed E-state index contributed by atoms with van der Waals surface area (Å²) in [4.78, 5) is -1.38. The zero-order valence-electron chi connectivity index (χ0n) is 24.4. The van der Waals surface area contributed by atoms with Crippen molar-refractivity contribution >= 4 is 25.7 Å². The van der Waals surface area contributed by atoms with E-state index in [0.29, 0.717) is 23.9 Å². The Balaban J connectivity index is 1.64. The zero-order valence-corrected chi connectivity index (χ0v) is 23.0. The number of hydrogen-bond donors (Lipinski definition) is 1. The predicted octanol–water partition coefficient (Wildman–Crippen LogP) is 5.67. The Hall–Kier alpha value is -3.11. The molecule has 0 bridgehead atoms. The Morgan fingerprint density at radius 3 is 2.29 bits per heavy atom. The van der Waals surface area contributed by atoms with Crippen LogP contribution in [0.1, 0.15) is 45.3 Å². The van der Waals surface area contributed by atoms with Gasteiger partial charge >= 0.3 is 6.18 Å². The Labute approximate surface area is 240 Å². The van der Waals surface area contributed by atoms with Crippen LogP contribution < -0.4 is 4.72 Å². The predicted molar refractivity (Wildman–Crippen MR) is 135 cm³/mol. The van der Waals surface area contributed by atoms with Gasteiger partial charge in [0.15, 0.2) is 5.60 Å². The van der Waals surface area contributed by atoms with Crippen molar-refractivity contribution in [2.75, 3.05) is 11.8 Å². The summed E-state index contributed by atoms with van der Waals surface area (Å²) in [5, 5.41) is 0. The van der Waals surface area contributed by atoms with Crippen LogP contribution in [0.3, 0.4) is 0 Å². The minimum Gasteiger partial charge on any atom is -0.368 e. The minimum atomic E-state index is -5.36. The molecule has 0 radical (unpaired) electrons. The Morgan fingerprint density at radius 1 is 1.07 bits per heavy atom. The number of fused-ring (bicyclic) bond motifs is 1. The number of halogens is 7. The monoisotopic (exact) mass is 643 g/mol. The third-order valence-corrected chi connectivity index (χ3v) is 10.6. The molecule has 16 heteroatoms.